The maximum Gasteiger partial charge on any atom is 0.409 e. The lowest BCUT2D eigenvalue weighted by molar-refractivity contribution is 0.0963. The molecule has 1 amide bonds. The predicted molar refractivity (Wildman–Crippen MR) is 120 cm³/mol. The lowest BCUT2D eigenvalue weighted by atomic mass is 9.94. The zero-order chi connectivity index (χ0) is 19.9. The summed E-state index contributed by atoms with van der Waals surface area (Å²) in [7, 11) is 0. The molecule has 8 nitrogen and oxygen atoms in total. The molecule has 1 saturated heterocycles. The van der Waals surface area contributed by atoms with Crippen LogP contribution in [0, 0.1) is 0 Å². The number of carbonyl (C=O) groups is 1. The van der Waals surface area contributed by atoms with Crippen LogP contribution in [0.2, 0.25) is 0 Å². The topological polar surface area (TPSA) is 92.0 Å². The second-order valence-electron chi connectivity index (χ2n) is 7.67. The number of oxazole rings is 1. The Morgan fingerprint density at radius 2 is 2.04 bits per heavy atom. The summed E-state index contributed by atoms with van der Waals surface area (Å²) >= 11 is 0. The number of rotatable bonds is 5. The van der Waals surface area contributed by atoms with Crippen molar-refractivity contribution in [3.8, 4) is 0 Å². The van der Waals surface area contributed by atoms with Crippen LogP contribution in [0.1, 0.15) is 59.1 Å². The molecule has 0 unspecified atom stereocenters. The number of likely N-dealkylation sites (tertiary alicyclic amines) is 1. The zero-order valence-corrected chi connectivity index (χ0v) is 19.9. The number of nitrogens with zero attached hydrogens (tertiary/aromatic N) is 3. The Bertz CT molecular complexity index is 634. The summed E-state index contributed by atoms with van der Waals surface area (Å²) in [4.78, 5) is 22.5. The van der Waals surface area contributed by atoms with Gasteiger partial charge in [0.05, 0.1) is 12.8 Å². The number of hydrogen-bond donors (Lipinski definition) is 2. The average Bonchev–Trinajstić information content (AvgIpc) is 3.10. The van der Waals surface area contributed by atoms with Crippen molar-refractivity contribution in [2.45, 2.75) is 65.5 Å². The molecule has 9 heteroatoms. The van der Waals surface area contributed by atoms with E-state index in [2.05, 4.69) is 41.4 Å². The Kier molecular flexibility index (Phi) is 10.0. The van der Waals surface area contributed by atoms with Gasteiger partial charge in [0.2, 0.25) is 5.89 Å². The van der Waals surface area contributed by atoms with Gasteiger partial charge in [0, 0.05) is 31.1 Å². The standard InChI is InChI=1S/C19H33N5O3.HI/c1-6-20-17(22-13-16-21-12-15(27-16)19(3,4)5)23-14-8-10-24(11-9-14)18(25)26-7-2;/h12,14H,6-11,13H2,1-5H3,(H2,20,22,23);1H. The van der Waals surface area contributed by atoms with E-state index in [4.69, 9.17) is 9.15 Å². The number of guanidine groups is 1. The van der Waals surface area contributed by atoms with E-state index >= 15 is 0 Å². The first-order valence-electron chi connectivity index (χ1n) is 9.75. The Labute approximate surface area is 184 Å². The van der Waals surface area contributed by atoms with E-state index in [0.717, 1.165) is 31.1 Å². The van der Waals surface area contributed by atoms with Gasteiger partial charge in [0.15, 0.2) is 5.96 Å². The van der Waals surface area contributed by atoms with Gasteiger partial charge >= 0.3 is 6.09 Å². The first-order chi connectivity index (χ1) is 12.8. The summed E-state index contributed by atoms with van der Waals surface area (Å²) in [5, 5.41) is 6.70. The van der Waals surface area contributed by atoms with Crippen molar-refractivity contribution in [2.75, 3.05) is 26.2 Å². The van der Waals surface area contributed by atoms with Gasteiger partial charge in [0.1, 0.15) is 12.3 Å². The molecule has 1 aliphatic rings. The summed E-state index contributed by atoms with van der Waals surface area (Å²) < 4.78 is 10.9. The lowest BCUT2D eigenvalue weighted by Crippen LogP contribution is -2.49. The minimum Gasteiger partial charge on any atom is -0.450 e. The molecular formula is C19H34IN5O3. The summed E-state index contributed by atoms with van der Waals surface area (Å²) in [6, 6.07) is 0.267. The summed E-state index contributed by atoms with van der Waals surface area (Å²) in [5.74, 6) is 2.20. The van der Waals surface area contributed by atoms with Gasteiger partial charge in [-0.05, 0) is 26.7 Å². The van der Waals surface area contributed by atoms with Gasteiger partial charge in [-0.2, -0.15) is 0 Å². The average molecular weight is 507 g/mol. The highest BCUT2D eigenvalue weighted by molar-refractivity contribution is 14.0. The van der Waals surface area contributed by atoms with Crippen molar-refractivity contribution in [1.29, 1.82) is 0 Å². The first kappa shape index (κ1) is 24.5. The highest BCUT2D eigenvalue weighted by Crippen LogP contribution is 2.22. The second kappa shape index (κ2) is 11.5. The van der Waals surface area contributed by atoms with E-state index in [-0.39, 0.29) is 41.5 Å². The number of nitrogens with one attached hydrogen (secondary N) is 2. The van der Waals surface area contributed by atoms with Crippen LogP contribution < -0.4 is 10.6 Å². The molecule has 2 heterocycles. The van der Waals surface area contributed by atoms with Crippen molar-refractivity contribution in [3.05, 3.63) is 17.8 Å². The molecule has 0 aliphatic carbocycles. The lowest BCUT2D eigenvalue weighted by Gasteiger charge is -2.32. The molecular weight excluding hydrogens is 473 g/mol. The zero-order valence-electron chi connectivity index (χ0n) is 17.6. The molecule has 1 fully saturated rings. The van der Waals surface area contributed by atoms with Crippen molar-refractivity contribution in [2.24, 2.45) is 4.99 Å². The summed E-state index contributed by atoms with van der Waals surface area (Å²) in [5.41, 5.74) is -0.0649. The molecule has 0 aromatic carbocycles. The maximum absolute atomic E-state index is 11.8. The van der Waals surface area contributed by atoms with Gasteiger partial charge in [-0.15, -0.1) is 24.0 Å². The first-order valence-corrected chi connectivity index (χ1v) is 9.75. The number of carbonyl (C=O) groups excluding carboxylic acids is 1. The molecule has 0 saturated carbocycles. The van der Waals surface area contributed by atoms with Crippen molar-refractivity contribution >= 4 is 36.0 Å². The van der Waals surface area contributed by atoms with E-state index in [1.807, 2.05) is 13.8 Å². The highest BCUT2D eigenvalue weighted by Gasteiger charge is 2.24. The predicted octanol–water partition coefficient (Wildman–Crippen LogP) is 3.27. The minimum absolute atomic E-state index is 0. The van der Waals surface area contributed by atoms with Crippen molar-refractivity contribution in [1.82, 2.24) is 20.5 Å². The molecule has 0 radical (unpaired) electrons. The summed E-state index contributed by atoms with van der Waals surface area (Å²) in [6.45, 7) is 13.1. The third-order valence-electron chi connectivity index (χ3n) is 4.37. The molecule has 0 atom stereocenters. The Morgan fingerprint density at radius 3 is 2.57 bits per heavy atom. The van der Waals surface area contributed by atoms with E-state index in [1.54, 1.807) is 11.1 Å². The fourth-order valence-corrected chi connectivity index (χ4v) is 2.81. The number of ether oxygens (including phenoxy) is 1. The van der Waals surface area contributed by atoms with Gasteiger partial charge in [-0.25, -0.2) is 14.8 Å². The fraction of sp³-hybridized carbons (Fsp3) is 0.737. The highest BCUT2D eigenvalue weighted by atomic mass is 127. The van der Waals surface area contributed by atoms with Crippen LogP contribution in [0.15, 0.2) is 15.6 Å². The van der Waals surface area contributed by atoms with Gasteiger partial charge in [-0.3, -0.25) is 0 Å². The number of hydrogen-bond acceptors (Lipinski definition) is 5. The molecule has 2 rings (SSSR count). The fourth-order valence-electron chi connectivity index (χ4n) is 2.81. The van der Waals surface area contributed by atoms with Crippen LogP contribution in [-0.2, 0) is 16.7 Å². The third-order valence-corrected chi connectivity index (χ3v) is 4.37. The normalized spacial score (nSPS) is 15.8. The summed E-state index contributed by atoms with van der Waals surface area (Å²) in [6.07, 6.45) is 3.26. The number of piperidine rings is 1. The smallest absolute Gasteiger partial charge is 0.409 e. The largest absolute Gasteiger partial charge is 0.450 e. The molecule has 0 bridgehead atoms. The number of aromatic nitrogens is 1. The third kappa shape index (κ3) is 7.48. The second-order valence-corrected chi connectivity index (χ2v) is 7.67. The van der Waals surface area contributed by atoms with Crippen LogP contribution in [0.4, 0.5) is 4.79 Å². The molecule has 0 spiro atoms. The molecule has 1 aliphatic heterocycles. The molecule has 2 N–H and O–H groups in total. The minimum atomic E-state index is -0.227. The van der Waals surface area contributed by atoms with E-state index < -0.39 is 0 Å². The number of aliphatic imine (C=N–C) groups is 1. The van der Waals surface area contributed by atoms with E-state index in [9.17, 15) is 4.79 Å². The quantitative estimate of drug-likeness (QED) is 0.361. The monoisotopic (exact) mass is 507 g/mol. The van der Waals surface area contributed by atoms with Gasteiger partial charge < -0.3 is 24.7 Å². The number of amides is 1. The van der Waals surface area contributed by atoms with Crippen LogP contribution >= 0.6 is 24.0 Å². The van der Waals surface area contributed by atoms with Gasteiger partial charge in [0.25, 0.3) is 0 Å². The Hall–Kier alpha value is -1.52. The molecule has 160 valence electrons. The van der Waals surface area contributed by atoms with Crippen LogP contribution in [0.25, 0.3) is 0 Å². The van der Waals surface area contributed by atoms with Crippen LogP contribution in [0.5, 0.6) is 0 Å². The van der Waals surface area contributed by atoms with Crippen molar-refractivity contribution < 1.29 is 13.9 Å². The number of halogens is 1. The Balaban J connectivity index is 0.00000392. The van der Waals surface area contributed by atoms with E-state index in [0.29, 0.717) is 32.1 Å². The van der Waals surface area contributed by atoms with E-state index in [1.165, 1.54) is 0 Å². The Morgan fingerprint density at radius 1 is 1.36 bits per heavy atom. The van der Waals surface area contributed by atoms with Crippen LogP contribution in [-0.4, -0.2) is 54.2 Å². The molecule has 1 aromatic heterocycles. The maximum atomic E-state index is 11.8. The van der Waals surface area contributed by atoms with Gasteiger partial charge in [-0.1, -0.05) is 20.8 Å². The molecule has 28 heavy (non-hydrogen) atoms. The van der Waals surface area contributed by atoms with Crippen LogP contribution in [0.3, 0.4) is 0 Å². The molecule has 1 aromatic rings. The SMILES string of the molecule is CCNC(=NCc1ncc(C(C)(C)C)o1)NC1CCN(C(=O)OCC)CC1.I. The van der Waals surface area contributed by atoms with Crippen molar-refractivity contribution in [3.63, 3.8) is 0 Å².